The van der Waals surface area contributed by atoms with Crippen LogP contribution in [0.3, 0.4) is 0 Å². The number of carboxylic acids is 1. The van der Waals surface area contributed by atoms with Crippen molar-refractivity contribution in [2.75, 3.05) is 0 Å². The van der Waals surface area contributed by atoms with Crippen molar-refractivity contribution >= 4 is 5.97 Å². The van der Waals surface area contributed by atoms with E-state index in [1.165, 1.54) is 12.4 Å². The summed E-state index contributed by atoms with van der Waals surface area (Å²) < 4.78 is 6.40. The van der Waals surface area contributed by atoms with Crippen molar-refractivity contribution in [3.63, 3.8) is 0 Å². The van der Waals surface area contributed by atoms with Crippen LogP contribution in [0.5, 0.6) is 0 Å². The van der Waals surface area contributed by atoms with Crippen molar-refractivity contribution in [2.45, 2.75) is 0 Å². The summed E-state index contributed by atoms with van der Waals surface area (Å²) in [6.45, 7) is 0. The lowest BCUT2D eigenvalue weighted by atomic mass is 10.2. The molecule has 2 aromatic heterocycles. The van der Waals surface area contributed by atoms with Gasteiger partial charge in [0, 0.05) is 13.2 Å². The predicted octanol–water partition coefficient (Wildman–Crippen LogP) is 0.773. The van der Waals surface area contributed by atoms with E-state index in [0.29, 0.717) is 5.56 Å². The zero-order chi connectivity index (χ0) is 10.1. The average Bonchev–Trinajstić information content (AvgIpc) is 2.70. The zero-order valence-corrected chi connectivity index (χ0v) is 7.34. The lowest BCUT2D eigenvalue weighted by molar-refractivity contribution is 0.0697. The molecule has 2 heterocycles. The third-order valence-corrected chi connectivity index (χ3v) is 1.77. The molecule has 0 aliphatic rings. The molecular weight excluding hydrogens is 186 g/mol. The Kier molecular flexibility index (Phi) is 1.81. The summed E-state index contributed by atoms with van der Waals surface area (Å²) in [5.41, 5.74) is 0.639. The summed E-state index contributed by atoms with van der Waals surface area (Å²) in [5, 5.41) is 16.1. The Bertz CT molecular complexity index is 472. The number of carboxylic acid groups (broad SMARTS) is 1. The largest absolute Gasteiger partial charge is 0.477 e. The van der Waals surface area contributed by atoms with Crippen LogP contribution in [0.25, 0.3) is 11.3 Å². The summed E-state index contributed by atoms with van der Waals surface area (Å²) >= 11 is 0. The van der Waals surface area contributed by atoms with Gasteiger partial charge in [-0.1, -0.05) is 5.16 Å². The van der Waals surface area contributed by atoms with E-state index >= 15 is 0 Å². The minimum atomic E-state index is -1.06. The SMILES string of the molecule is Cn1cc(-c2oncc2C(=O)O)cn1. The van der Waals surface area contributed by atoms with Crippen molar-refractivity contribution < 1.29 is 14.4 Å². The number of carbonyl (C=O) groups is 1. The minimum absolute atomic E-state index is 0.0398. The van der Waals surface area contributed by atoms with Crippen LogP contribution in [0.4, 0.5) is 0 Å². The molecule has 14 heavy (non-hydrogen) atoms. The first-order valence-corrected chi connectivity index (χ1v) is 3.85. The highest BCUT2D eigenvalue weighted by Gasteiger charge is 2.17. The van der Waals surface area contributed by atoms with Crippen LogP contribution in [0, 0.1) is 0 Å². The highest BCUT2D eigenvalue weighted by molar-refractivity contribution is 5.93. The molecule has 0 fully saturated rings. The Morgan fingerprint density at radius 2 is 2.36 bits per heavy atom. The van der Waals surface area contributed by atoms with Gasteiger partial charge in [-0.2, -0.15) is 5.10 Å². The van der Waals surface area contributed by atoms with Gasteiger partial charge in [0.05, 0.1) is 18.0 Å². The third-order valence-electron chi connectivity index (χ3n) is 1.77. The van der Waals surface area contributed by atoms with Gasteiger partial charge in [0.15, 0.2) is 5.76 Å². The molecule has 0 aromatic carbocycles. The number of aromatic carboxylic acids is 1. The lowest BCUT2D eigenvalue weighted by Crippen LogP contribution is -1.95. The van der Waals surface area contributed by atoms with E-state index in [0.717, 1.165) is 0 Å². The number of rotatable bonds is 2. The van der Waals surface area contributed by atoms with Gasteiger partial charge in [-0.15, -0.1) is 0 Å². The van der Waals surface area contributed by atoms with E-state index in [1.807, 2.05) is 0 Å². The van der Waals surface area contributed by atoms with Gasteiger partial charge in [0.1, 0.15) is 5.56 Å². The molecule has 1 N–H and O–H groups in total. The van der Waals surface area contributed by atoms with Crippen LogP contribution in [-0.4, -0.2) is 26.0 Å². The highest BCUT2D eigenvalue weighted by atomic mass is 16.5. The fraction of sp³-hybridized carbons (Fsp3) is 0.125. The molecule has 0 amide bonds. The fourth-order valence-electron chi connectivity index (χ4n) is 1.14. The van der Waals surface area contributed by atoms with Crippen molar-refractivity contribution in [3.8, 4) is 11.3 Å². The Labute approximate surface area is 78.7 Å². The molecule has 0 bridgehead atoms. The average molecular weight is 193 g/mol. The van der Waals surface area contributed by atoms with Crippen LogP contribution in [0.2, 0.25) is 0 Å². The topological polar surface area (TPSA) is 81.2 Å². The minimum Gasteiger partial charge on any atom is -0.477 e. The Morgan fingerprint density at radius 1 is 1.57 bits per heavy atom. The van der Waals surface area contributed by atoms with Gasteiger partial charge in [-0.05, 0) is 0 Å². The highest BCUT2D eigenvalue weighted by Crippen LogP contribution is 2.22. The first-order valence-electron chi connectivity index (χ1n) is 3.85. The smallest absolute Gasteiger partial charge is 0.341 e. The first kappa shape index (κ1) is 8.49. The Balaban J connectivity index is 2.51. The van der Waals surface area contributed by atoms with Crippen LogP contribution in [0.15, 0.2) is 23.1 Å². The van der Waals surface area contributed by atoms with Gasteiger partial charge in [-0.25, -0.2) is 4.79 Å². The molecule has 0 spiro atoms. The standard InChI is InChI=1S/C8H7N3O3/c1-11-4-5(2-9-11)7-6(8(12)13)3-10-14-7/h2-4H,1H3,(H,12,13). The van der Waals surface area contributed by atoms with Crippen molar-refractivity contribution in [2.24, 2.45) is 7.05 Å². The number of nitrogens with zero attached hydrogens (tertiary/aromatic N) is 3. The number of aryl methyl sites for hydroxylation is 1. The van der Waals surface area contributed by atoms with Crippen LogP contribution >= 0.6 is 0 Å². The van der Waals surface area contributed by atoms with E-state index in [4.69, 9.17) is 9.63 Å². The lowest BCUT2D eigenvalue weighted by Gasteiger charge is -1.90. The summed E-state index contributed by atoms with van der Waals surface area (Å²) in [6.07, 6.45) is 4.35. The van der Waals surface area contributed by atoms with E-state index in [1.54, 1.807) is 17.9 Å². The van der Waals surface area contributed by atoms with Crippen LogP contribution in [-0.2, 0) is 7.05 Å². The molecule has 2 aromatic rings. The maximum absolute atomic E-state index is 10.7. The monoisotopic (exact) mass is 193 g/mol. The van der Waals surface area contributed by atoms with E-state index in [-0.39, 0.29) is 11.3 Å². The molecule has 72 valence electrons. The van der Waals surface area contributed by atoms with Gasteiger partial charge in [0.25, 0.3) is 0 Å². The van der Waals surface area contributed by atoms with Crippen LogP contribution < -0.4 is 0 Å². The van der Waals surface area contributed by atoms with E-state index < -0.39 is 5.97 Å². The molecule has 0 unspecified atom stereocenters. The predicted molar refractivity (Wildman–Crippen MR) is 45.7 cm³/mol. The molecule has 2 rings (SSSR count). The summed E-state index contributed by atoms with van der Waals surface area (Å²) in [6, 6.07) is 0. The van der Waals surface area contributed by atoms with Crippen molar-refractivity contribution in [1.29, 1.82) is 0 Å². The number of aromatic nitrogens is 3. The molecule has 0 aliphatic heterocycles. The summed E-state index contributed by atoms with van der Waals surface area (Å²) in [7, 11) is 1.74. The molecule has 0 aliphatic carbocycles. The number of hydrogen-bond donors (Lipinski definition) is 1. The normalized spacial score (nSPS) is 10.4. The molecule has 0 saturated carbocycles. The Hall–Kier alpha value is -2.11. The molecule has 6 nitrogen and oxygen atoms in total. The van der Waals surface area contributed by atoms with Gasteiger partial charge < -0.3 is 9.63 Å². The quantitative estimate of drug-likeness (QED) is 0.761. The van der Waals surface area contributed by atoms with Crippen molar-refractivity contribution in [1.82, 2.24) is 14.9 Å². The number of hydrogen-bond acceptors (Lipinski definition) is 4. The van der Waals surface area contributed by atoms with E-state index in [9.17, 15) is 4.79 Å². The van der Waals surface area contributed by atoms with E-state index in [2.05, 4.69) is 10.3 Å². The van der Waals surface area contributed by atoms with Crippen LogP contribution in [0.1, 0.15) is 10.4 Å². The maximum atomic E-state index is 10.7. The molecule has 0 saturated heterocycles. The van der Waals surface area contributed by atoms with Crippen molar-refractivity contribution in [3.05, 3.63) is 24.2 Å². The second kappa shape index (κ2) is 2.99. The summed E-state index contributed by atoms with van der Waals surface area (Å²) in [4.78, 5) is 10.7. The third kappa shape index (κ3) is 1.26. The zero-order valence-electron chi connectivity index (χ0n) is 7.34. The second-order valence-electron chi connectivity index (χ2n) is 2.78. The molecule has 0 atom stereocenters. The Morgan fingerprint density at radius 3 is 2.93 bits per heavy atom. The second-order valence-corrected chi connectivity index (χ2v) is 2.78. The molecule has 6 heteroatoms. The maximum Gasteiger partial charge on any atom is 0.341 e. The molecule has 0 radical (unpaired) electrons. The summed E-state index contributed by atoms with van der Waals surface area (Å²) in [5.74, 6) is -0.837. The van der Waals surface area contributed by atoms with Gasteiger partial charge >= 0.3 is 5.97 Å². The molecular formula is C8H7N3O3. The van der Waals surface area contributed by atoms with Gasteiger partial charge in [-0.3, -0.25) is 4.68 Å². The fourth-order valence-corrected chi connectivity index (χ4v) is 1.14. The first-order chi connectivity index (χ1) is 6.68. The van der Waals surface area contributed by atoms with Gasteiger partial charge in [0.2, 0.25) is 0 Å².